The van der Waals surface area contributed by atoms with Crippen molar-refractivity contribution in [2.75, 3.05) is 14.1 Å². The highest BCUT2D eigenvalue weighted by Gasteiger charge is 2.16. The molecule has 0 N–H and O–H groups in total. The fourth-order valence-corrected chi connectivity index (χ4v) is 1.83. The summed E-state index contributed by atoms with van der Waals surface area (Å²) in [7, 11) is 4.36. The smallest absolute Gasteiger partial charge is 0.0127 e. The van der Waals surface area contributed by atoms with Crippen LogP contribution >= 0.6 is 0 Å². The Bertz CT molecular complexity index is 168. The zero-order chi connectivity index (χ0) is 9.14. The molecular formula is C11H21N. The molecule has 0 heterocycles. The van der Waals surface area contributed by atoms with Crippen molar-refractivity contribution < 1.29 is 0 Å². The quantitative estimate of drug-likeness (QED) is 0.572. The molecule has 0 bridgehead atoms. The molecule has 0 aromatic rings. The SMILES string of the molecule is CC(C)C1=CC[C@@H](N(C)C)CC1. The molecule has 1 aliphatic carbocycles. The maximum absolute atomic E-state index is 2.44. The molecule has 0 saturated carbocycles. The van der Waals surface area contributed by atoms with Crippen LogP contribution in [0.1, 0.15) is 33.1 Å². The minimum Gasteiger partial charge on any atom is -0.306 e. The van der Waals surface area contributed by atoms with Crippen LogP contribution in [-0.4, -0.2) is 25.0 Å². The van der Waals surface area contributed by atoms with Gasteiger partial charge >= 0.3 is 0 Å². The van der Waals surface area contributed by atoms with Gasteiger partial charge in [-0.15, -0.1) is 0 Å². The third-order valence-electron chi connectivity index (χ3n) is 2.89. The van der Waals surface area contributed by atoms with Gasteiger partial charge in [-0.25, -0.2) is 0 Å². The summed E-state index contributed by atoms with van der Waals surface area (Å²) in [6.45, 7) is 4.59. The van der Waals surface area contributed by atoms with Gasteiger partial charge in [0.2, 0.25) is 0 Å². The second-order valence-corrected chi connectivity index (χ2v) is 4.33. The van der Waals surface area contributed by atoms with Crippen LogP contribution in [0.4, 0.5) is 0 Å². The lowest BCUT2D eigenvalue weighted by atomic mass is 9.88. The third kappa shape index (κ3) is 2.34. The molecular weight excluding hydrogens is 146 g/mol. The van der Waals surface area contributed by atoms with E-state index in [4.69, 9.17) is 0 Å². The van der Waals surface area contributed by atoms with E-state index in [2.05, 4.69) is 38.9 Å². The van der Waals surface area contributed by atoms with E-state index in [1.165, 1.54) is 19.3 Å². The molecule has 0 amide bonds. The van der Waals surface area contributed by atoms with E-state index in [0.29, 0.717) is 0 Å². The Morgan fingerprint density at radius 3 is 2.42 bits per heavy atom. The first-order valence-electron chi connectivity index (χ1n) is 4.96. The van der Waals surface area contributed by atoms with Gasteiger partial charge in [0, 0.05) is 6.04 Å². The Labute approximate surface area is 76.5 Å². The van der Waals surface area contributed by atoms with E-state index in [0.717, 1.165) is 12.0 Å². The lowest BCUT2D eigenvalue weighted by Crippen LogP contribution is -2.29. The van der Waals surface area contributed by atoms with E-state index in [9.17, 15) is 0 Å². The molecule has 1 atom stereocenters. The average molecular weight is 167 g/mol. The first-order valence-corrected chi connectivity index (χ1v) is 4.96. The summed E-state index contributed by atoms with van der Waals surface area (Å²) in [4.78, 5) is 2.34. The second-order valence-electron chi connectivity index (χ2n) is 4.33. The molecule has 0 spiro atoms. The van der Waals surface area contributed by atoms with Gasteiger partial charge in [-0.3, -0.25) is 0 Å². The van der Waals surface area contributed by atoms with E-state index in [1.54, 1.807) is 5.57 Å². The van der Waals surface area contributed by atoms with E-state index < -0.39 is 0 Å². The molecule has 0 unspecified atom stereocenters. The largest absolute Gasteiger partial charge is 0.306 e. The Kier molecular flexibility index (Phi) is 3.33. The van der Waals surface area contributed by atoms with Gasteiger partial charge in [-0.1, -0.05) is 25.5 Å². The molecule has 1 nitrogen and oxygen atoms in total. The van der Waals surface area contributed by atoms with Gasteiger partial charge in [0.05, 0.1) is 0 Å². The molecule has 1 aliphatic rings. The van der Waals surface area contributed by atoms with Crippen LogP contribution in [-0.2, 0) is 0 Å². The fourth-order valence-electron chi connectivity index (χ4n) is 1.83. The van der Waals surface area contributed by atoms with Crippen LogP contribution in [0, 0.1) is 5.92 Å². The lowest BCUT2D eigenvalue weighted by Gasteiger charge is -2.28. The standard InChI is InChI=1S/C11H21N/c1-9(2)10-5-7-11(8-6-10)12(3)4/h5,9,11H,6-8H2,1-4H3/t11-/m1/s1. The normalized spacial score (nSPS) is 24.8. The predicted octanol–water partition coefficient (Wildman–Crippen LogP) is 2.68. The van der Waals surface area contributed by atoms with E-state index in [-0.39, 0.29) is 0 Å². The van der Waals surface area contributed by atoms with Gasteiger partial charge in [0.15, 0.2) is 0 Å². The summed E-state index contributed by atoms with van der Waals surface area (Å²) >= 11 is 0. The zero-order valence-electron chi connectivity index (χ0n) is 8.80. The summed E-state index contributed by atoms with van der Waals surface area (Å²) in [5.41, 5.74) is 1.66. The highest BCUT2D eigenvalue weighted by Crippen LogP contribution is 2.25. The summed E-state index contributed by atoms with van der Waals surface area (Å²) in [6, 6.07) is 0.785. The highest BCUT2D eigenvalue weighted by atomic mass is 15.1. The maximum atomic E-state index is 2.44. The molecule has 1 rings (SSSR count). The monoisotopic (exact) mass is 167 g/mol. The molecule has 0 saturated heterocycles. The van der Waals surface area contributed by atoms with Crippen molar-refractivity contribution in [3.8, 4) is 0 Å². The predicted molar refractivity (Wildman–Crippen MR) is 54.2 cm³/mol. The highest BCUT2D eigenvalue weighted by molar-refractivity contribution is 5.09. The van der Waals surface area contributed by atoms with E-state index >= 15 is 0 Å². The first kappa shape index (κ1) is 9.79. The van der Waals surface area contributed by atoms with Crippen LogP contribution in [0.3, 0.4) is 0 Å². The third-order valence-corrected chi connectivity index (χ3v) is 2.89. The Balaban J connectivity index is 2.47. The number of rotatable bonds is 2. The molecule has 0 radical (unpaired) electrons. The van der Waals surface area contributed by atoms with Crippen molar-refractivity contribution in [2.24, 2.45) is 5.92 Å². The van der Waals surface area contributed by atoms with Crippen LogP contribution in [0.15, 0.2) is 11.6 Å². The Hall–Kier alpha value is -0.300. The van der Waals surface area contributed by atoms with Gasteiger partial charge in [0.1, 0.15) is 0 Å². The Morgan fingerprint density at radius 1 is 1.42 bits per heavy atom. The molecule has 0 fully saturated rings. The van der Waals surface area contributed by atoms with Gasteiger partial charge < -0.3 is 4.90 Å². The minimum atomic E-state index is 0.758. The van der Waals surface area contributed by atoms with Crippen molar-refractivity contribution in [2.45, 2.75) is 39.2 Å². The molecule has 0 aliphatic heterocycles. The summed E-state index contributed by atoms with van der Waals surface area (Å²) in [5, 5.41) is 0. The lowest BCUT2D eigenvalue weighted by molar-refractivity contribution is 0.270. The average Bonchev–Trinajstić information content (AvgIpc) is 2.04. The topological polar surface area (TPSA) is 3.24 Å². The molecule has 70 valence electrons. The number of hydrogen-bond acceptors (Lipinski definition) is 1. The van der Waals surface area contributed by atoms with Gasteiger partial charge in [0.25, 0.3) is 0 Å². The summed E-state index contributed by atoms with van der Waals surface area (Å²) in [5.74, 6) is 0.758. The first-order chi connectivity index (χ1) is 5.61. The Morgan fingerprint density at radius 2 is 2.08 bits per heavy atom. The maximum Gasteiger partial charge on any atom is 0.0127 e. The van der Waals surface area contributed by atoms with Crippen molar-refractivity contribution in [3.63, 3.8) is 0 Å². The fraction of sp³-hybridized carbons (Fsp3) is 0.818. The zero-order valence-corrected chi connectivity index (χ0v) is 8.80. The van der Waals surface area contributed by atoms with Gasteiger partial charge in [-0.05, 0) is 39.3 Å². The van der Waals surface area contributed by atoms with Crippen molar-refractivity contribution in [1.82, 2.24) is 4.90 Å². The summed E-state index contributed by atoms with van der Waals surface area (Å²) < 4.78 is 0. The van der Waals surface area contributed by atoms with Crippen LogP contribution < -0.4 is 0 Å². The van der Waals surface area contributed by atoms with Crippen LogP contribution in [0.2, 0.25) is 0 Å². The van der Waals surface area contributed by atoms with Crippen molar-refractivity contribution in [3.05, 3.63) is 11.6 Å². The van der Waals surface area contributed by atoms with Crippen molar-refractivity contribution in [1.29, 1.82) is 0 Å². The molecule has 1 heteroatoms. The number of allylic oxidation sites excluding steroid dienone is 1. The molecule has 0 aromatic carbocycles. The van der Waals surface area contributed by atoms with Crippen LogP contribution in [0.5, 0.6) is 0 Å². The molecule has 0 aromatic heterocycles. The second kappa shape index (κ2) is 4.08. The number of hydrogen-bond donors (Lipinski definition) is 0. The minimum absolute atomic E-state index is 0.758. The van der Waals surface area contributed by atoms with E-state index in [1.807, 2.05) is 0 Å². The van der Waals surface area contributed by atoms with Crippen molar-refractivity contribution >= 4 is 0 Å². The number of nitrogens with zero attached hydrogens (tertiary/aromatic N) is 1. The van der Waals surface area contributed by atoms with Crippen LogP contribution in [0.25, 0.3) is 0 Å². The molecule has 12 heavy (non-hydrogen) atoms. The summed E-state index contributed by atoms with van der Waals surface area (Å²) in [6.07, 6.45) is 6.34. The van der Waals surface area contributed by atoms with Gasteiger partial charge in [-0.2, -0.15) is 0 Å².